The van der Waals surface area contributed by atoms with Crippen LogP contribution in [-0.2, 0) is 14.3 Å². The molecule has 0 saturated heterocycles. The van der Waals surface area contributed by atoms with Crippen molar-refractivity contribution in [3.63, 3.8) is 0 Å². The third kappa shape index (κ3) is 4.24. The first-order valence-corrected chi connectivity index (χ1v) is 5.20. The van der Waals surface area contributed by atoms with Crippen LogP contribution in [0.25, 0.3) is 0 Å². The lowest BCUT2D eigenvalue weighted by molar-refractivity contribution is -0.156. The number of benzene rings is 1. The van der Waals surface area contributed by atoms with Gasteiger partial charge in [0.25, 0.3) is 5.91 Å². The van der Waals surface area contributed by atoms with Crippen molar-refractivity contribution < 1.29 is 14.3 Å². The highest BCUT2D eigenvalue weighted by molar-refractivity contribution is 5.84. The number of nitrogens with zero attached hydrogens (tertiary/aromatic N) is 1. The third-order valence-corrected chi connectivity index (χ3v) is 1.96. The van der Waals surface area contributed by atoms with E-state index in [0.29, 0.717) is 5.56 Å². The van der Waals surface area contributed by atoms with Crippen LogP contribution < -0.4 is 5.43 Å². The highest BCUT2D eigenvalue weighted by Gasteiger charge is 2.23. The minimum Gasteiger partial charge on any atom is -0.447 e. The number of ether oxygens (including phenoxy) is 1. The molecule has 1 rings (SSSR count). The summed E-state index contributed by atoms with van der Waals surface area (Å²) in [6, 6.07) is 8.88. The SMILES string of the molecule is CC(=O)O[C@H](C(=O)NN(C)C)c1ccccc1. The van der Waals surface area contributed by atoms with Gasteiger partial charge in [-0.2, -0.15) is 0 Å². The molecule has 0 aliphatic heterocycles. The molecule has 0 bridgehead atoms. The molecule has 1 aromatic rings. The van der Waals surface area contributed by atoms with Gasteiger partial charge in [0.2, 0.25) is 6.10 Å². The van der Waals surface area contributed by atoms with E-state index in [4.69, 9.17) is 4.74 Å². The number of amides is 1. The molecule has 0 radical (unpaired) electrons. The predicted molar refractivity (Wildman–Crippen MR) is 62.8 cm³/mol. The summed E-state index contributed by atoms with van der Waals surface area (Å²) < 4.78 is 5.02. The zero-order valence-corrected chi connectivity index (χ0v) is 10.1. The second kappa shape index (κ2) is 6.00. The number of carbonyl (C=O) groups excluding carboxylic acids is 2. The van der Waals surface area contributed by atoms with Crippen LogP contribution in [0.2, 0.25) is 0 Å². The third-order valence-electron chi connectivity index (χ3n) is 1.96. The molecule has 5 heteroatoms. The molecule has 0 fully saturated rings. The number of esters is 1. The van der Waals surface area contributed by atoms with Crippen LogP contribution >= 0.6 is 0 Å². The van der Waals surface area contributed by atoms with Gasteiger partial charge in [0.1, 0.15) is 0 Å². The molecule has 1 N–H and O–H groups in total. The van der Waals surface area contributed by atoms with Gasteiger partial charge in [-0.05, 0) is 0 Å². The standard InChI is InChI=1S/C12H16N2O3/c1-9(15)17-11(12(16)13-14(2)3)10-7-5-4-6-8-10/h4-8,11H,1-3H3,(H,13,16)/t11-/m0/s1. The lowest BCUT2D eigenvalue weighted by Crippen LogP contribution is -2.40. The van der Waals surface area contributed by atoms with Gasteiger partial charge in [-0.1, -0.05) is 30.3 Å². The monoisotopic (exact) mass is 236 g/mol. The van der Waals surface area contributed by atoms with Crippen molar-refractivity contribution in [1.29, 1.82) is 0 Å². The maximum absolute atomic E-state index is 11.9. The molecule has 0 aliphatic carbocycles. The smallest absolute Gasteiger partial charge is 0.303 e. The fourth-order valence-electron chi connectivity index (χ4n) is 1.35. The van der Waals surface area contributed by atoms with Gasteiger partial charge in [-0.25, -0.2) is 5.01 Å². The Hall–Kier alpha value is -1.88. The number of hydrogen-bond donors (Lipinski definition) is 1. The van der Waals surface area contributed by atoms with Crippen molar-refractivity contribution in [1.82, 2.24) is 10.4 Å². The highest BCUT2D eigenvalue weighted by atomic mass is 16.5. The molecule has 1 aromatic carbocycles. The van der Waals surface area contributed by atoms with E-state index < -0.39 is 12.1 Å². The summed E-state index contributed by atoms with van der Waals surface area (Å²) in [7, 11) is 3.38. The van der Waals surface area contributed by atoms with E-state index in [1.165, 1.54) is 11.9 Å². The second-order valence-electron chi connectivity index (χ2n) is 3.77. The first-order chi connectivity index (χ1) is 8.00. The van der Waals surface area contributed by atoms with Crippen molar-refractivity contribution in [3.8, 4) is 0 Å². The zero-order valence-electron chi connectivity index (χ0n) is 10.1. The van der Waals surface area contributed by atoms with Crippen LogP contribution in [0.5, 0.6) is 0 Å². The van der Waals surface area contributed by atoms with Crippen LogP contribution in [0.15, 0.2) is 30.3 Å². The van der Waals surface area contributed by atoms with E-state index >= 15 is 0 Å². The highest BCUT2D eigenvalue weighted by Crippen LogP contribution is 2.17. The summed E-state index contributed by atoms with van der Waals surface area (Å²) in [6.07, 6.45) is -0.920. The zero-order chi connectivity index (χ0) is 12.8. The number of hydrazine groups is 1. The number of nitrogens with one attached hydrogen (secondary N) is 1. The summed E-state index contributed by atoms with van der Waals surface area (Å²) in [5, 5.41) is 1.50. The molecule has 92 valence electrons. The summed E-state index contributed by atoms with van der Waals surface area (Å²) in [6.45, 7) is 1.28. The quantitative estimate of drug-likeness (QED) is 0.623. The summed E-state index contributed by atoms with van der Waals surface area (Å²) in [5.41, 5.74) is 3.20. The molecule has 1 amide bonds. The Balaban J connectivity index is 2.88. The molecular weight excluding hydrogens is 220 g/mol. The Labute approximate surface area is 100 Å². The Morgan fingerprint density at radius 1 is 1.24 bits per heavy atom. The van der Waals surface area contributed by atoms with E-state index in [0.717, 1.165) is 0 Å². The van der Waals surface area contributed by atoms with Gasteiger partial charge in [0.15, 0.2) is 0 Å². The molecule has 1 atom stereocenters. The number of carbonyl (C=O) groups is 2. The van der Waals surface area contributed by atoms with Crippen LogP contribution in [0, 0.1) is 0 Å². The van der Waals surface area contributed by atoms with Gasteiger partial charge in [-0.15, -0.1) is 0 Å². The summed E-state index contributed by atoms with van der Waals surface area (Å²) >= 11 is 0. The molecule has 0 unspecified atom stereocenters. The van der Waals surface area contributed by atoms with Crippen molar-refractivity contribution in [2.24, 2.45) is 0 Å². The second-order valence-corrected chi connectivity index (χ2v) is 3.77. The molecule has 0 saturated carbocycles. The van der Waals surface area contributed by atoms with Crippen LogP contribution in [-0.4, -0.2) is 31.0 Å². The predicted octanol–water partition coefficient (Wildman–Crippen LogP) is 0.884. The molecule has 0 aromatic heterocycles. The number of rotatable bonds is 4. The normalized spacial score (nSPS) is 12.0. The van der Waals surface area contributed by atoms with Gasteiger partial charge < -0.3 is 4.74 Å². The molecular formula is C12H16N2O3. The molecule has 0 spiro atoms. The van der Waals surface area contributed by atoms with Crippen LogP contribution in [0.4, 0.5) is 0 Å². The Morgan fingerprint density at radius 3 is 2.29 bits per heavy atom. The van der Waals surface area contributed by atoms with Crippen LogP contribution in [0.1, 0.15) is 18.6 Å². The molecule has 5 nitrogen and oxygen atoms in total. The van der Waals surface area contributed by atoms with E-state index in [2.05, 4.69) is 5.43 Å². The van der Waals surface area contributed by atoms with Gasteiger partial charge in [-0.3, -0.25) is 15.0 Å². The minimum atomic E-state index is -0.920. The van der Waals surface area contributed by atoms with Crippen molar-refractivity contribution in [2.75, 3.05) is 14.1 Å². The molecule has 0 heterocycles. The van der Waals surface area contributed by atoms with Crippen molar-refractivity contribution >= 4 is 11.9 Å². The average Bonchev–Trinajstić information content (AvgIpc) is 2.25. The Bertz CT molecular complexity index is 390. The Kier molecular flexibility index (Phi) is 4.66. The van der Waals surface area contributed by atoms with Crippen LogP contribution in [0.3, 0.4) is 0 Å². The fraction of sp³-hybridized carbons (Fsp3) is 0.333. The topological polar surface area (TPSA) is 58.6 Å². The molecule has 0 aliphatic rings. The lowest BCUT2D eigenvalue weighted by Gasteiger charge is -2.19. The largest absolute Gasteiger partial charge is 0.447 e. The molecule has 17 heavy (non-hydrogen) atoms. The van der Waals surface area contributed by atoms with Crippen molar-refractivity contribution in [2.45, 2.75) is 13.0 Å². The van der Waals surface area contributed by atoms with Gasteiger partial charge in [0, 0.05) is 26.6 Å². The Morgan fingerprint density at radius 2 is 1.82 bits per heavy atom. The van der Waals surface area contributed by atoms with Gasteiger partial charge >= 0.3 is 5.97 Å². The minimum absolute atomic E-state index is 0.378. The van der Waals surface area contributed by atoms with E-state index in [9.17, 15) is 9.59 Å². The van der Waals surface area contributed by atoms with E-state index in [1.807, 2.05) is 6.07 Å². The lowest BCUT2D eigenvalue weighted by atomic mass is 10.1. The maximum Gasteiger partial charge on any atom is 0.303 e. The van der Waals surface area contributed by atoms with E-state index in [1.54, 1.807) is 38.4 Å². The van der Waals surface area contributed by atoms with Gasteiger partial charge in [0.05, 0.1) is 0 Å². The van der Waals surface area contributed by atoms with E-state index in [-0.39, 0.29) is 5.91 Å². The van der Waals surface area contributed by atoms with Crippen molar-refractivity contribution in [3.05, 3.63) is 35.9 Å². The average molecular weight is 236 g/mol. The summed E-state index contributed by atoms with van der Waals surface area (Å²) in [4.78, 5) is 22.9. The maximum atomic E-state index is 11.9. The summed E-state index contributed by atoms with van der Waals surface area (Å²) in [5.74, 6) is -0.871. The number of hydrogen-bond acceptors (Lipinski definition) is 4. The first kappa shape index (κ1) is 13.2. The fourth-order valence-corrected chi connectivity index (χ4v) is 1.35. The first-order valence-electron chi connectivity index (χ1n) is 5.20.